The largest absolute Gasteiger partial charge is 0.322 e. The van der Waals surface area contributed by atoms with Gasteiger partial charge in [0.1, 0.15) is 11.4 Å². The van der Waals surface area contributed by atoms with Gasteiger partial charge in [0.2, 0.25) is 11.8 Å². The van der Waals surface area contributed by atoms with Crippen molar-refractivity contribution >= 4 is 51.5 Å². The Morgan fingerprint density at radius 2 is 1.81 bits per heavy atom. The average molecular weight is 447 g/mol. The summed E-state index contributed by atoms with van der Waals surface area (Å²) in [5.74, 6) is 0.230. The van der Waals surface area contributed by atoms with Gasteiger partial charge >= 0.3 is 0 Å². The first-order valence-corrected chi connectivity index (χ1v) is 11.2. The number of carbonyl (C=O) groups excluding carboxylic acids is 2. The highest BCUT2D eigenvalue weighted by Gasteiger charge is 2.45. The number of hydrogen-bond acceptors (Lipinski definition) is 6. The van der Waals surface area contributed by atoms with Crippen molar-refractivity contribution in [3.8, 4) is 0 Å². The molecule has 0 spiro atoms. The van der Waals surface area contributed by atoms with Crippen molar-refractivity contribution in [1.29, 1.82) is 0 Å². The lowest BCUT2D eigenvalue weighted by Crippen LogP contribution is -2.60. The number of hydrogen-bond donors (Lipinski definition) is 1. The minimum Gasteiger partial charge on any atom is -0.322 e. The summed E-state index contributed by atoms with van der Waals surface area (Å²) in [7, 11) is 0. The molecule has 1 aliphatic rings. The van der Waals surface area contributed by atoms with Crippen LogP contribution in [0.15, 0.2) is 53.7 Å². The second-order valence-corrected chi connectivity index (χ2v) is 9.58. The highest BCUT2D eigenvalue weighted by molar-refractivity contribution is 8.00. The number of benzene rings is 2. The zero-order valence-electron chi connectivity index (χ0n) is 18.2. The summed E-state index contributed by atoms with van der Waals surface area (Å²) >= 11 is 1.31. The summed E-state index contributed by atoms with van der Waals surface area (Å²) in [6.45, 7) is 7.16. The van der Waals surface area contributed by atoms with E-state index in [4.69, 9.17) is 4.98 Å². The van der Waals surface area contributed by atoms with Crippen molar-refractivity contribution in [3.63, 3.8) is 0 Å². The number of nitrogens with one attached hydrogen (secondary N) is 1. The molecule has 1 atom stereocenters. The van der Waals surface area contributed by atoms with E-state index in [0.29, 0.717) is 28.0 Å². The van der Waals surface area contributed by atoms with E-state index in [9.17, 15) is 9.59 Å². The van der Waals surface area contributed by atoms with Crippen molar-refractivity contribution in [2.75, 3.05) is 10.2 Å². The molecule has 2 aromatic heterocycles. The second-order valence-electron chi connectivity index (χ2n) is 8.27. The third-order valence-electron chi connectivity index (χ3n) is 5.61. The van der Waals surface area contributed by atoms with Crippen LogP contribution < -0.4 is 10.2 Å². The van der Waals surface area contributed by atoms with Gasteiger partial charge in [0.25, 0.3) is 0 Å². The molecule has 4 aromatic rings. The lowest BCUT2D eigenvalue weighted by atomic mass is 9.96. The first-order chi connectivity index (χ1) is 15.3. The van der Waals surface area contributed by atoms with Crippen LogP contribution in [0.2, 0.25) is 0 Å². The van der Waals surface area contributed by atoms with Gasteiger partial charge in [0, 0.05) is 5.39 Å². The highest BCUT2D eigenvalue weighted by Crippen LogP contribution is 2.38. The van der Waals surface area contributed by atoms with Gasteiger partial charge < -0.3 is 5.32 Å². The normalized spacial score (nSPS) is 16.1. The van der Waals surface area contributed by atoms with Crippen LogP contribution in [0.3, 0.4) is 0 Å². The molecule has 32 heavy (non-hydrogen) atoms. The van der Waals surface area contributed by atoms with Gasteiger partial charge in [-0.3, -0.25) is 14.5 Å². The fraction of sp³-hybridized carbons (Fsp3) is 0.261. The molecule has 0 radical (unpaired) electrons. The van der Waals surface area contributed by atoms with Crippen LogP contribution >= 0.6 is 11.8 Å². The number of nitrogens with zero attached hydrogens (tertiary/aromatic N) is 5. The monoisotopic (exact) mass is 446 g/mol. The number of anilines is 2. The summed E-state index contributed by atoms with van der Waals surface area (Å²) < 4.78 is 1.69. The molecule has 3 heterocycles. The standard InChI is InChI=1S/C23H22N6O2S/c1-13(20(30)28-18-12-8-7-11-17(18)25-21(31)23(28,3)4)32-22-26-16-10-6-5-9-15(16)19-24-14(2)27-29(19)22/h5-13H,1-4H3,(H,25,31)/t13-/m1/s1. The Hall–Kier alpha value is -3.46. The predicted octanol–water partition coefficient (Wildman–Crippen LogP) is 3.83. The maximum atomic E-state index is 13.7. The van der Waals surface area contributed by atoms with Crippen molar-refractivity contribution in [3.05, 3.63) is 54.4 Å². The predicted molar refractivity (Wildman–Crippen MR) is 125 cm³/mol. The Balaban J connectivity index is 1.55. The SMILES string of the molecule is Cc1nc2c3ccccc3nc(S[C@H](C)C(=O)N3c4ccccc4NC(=O)C3(C)C)n2n1. The zero-order valence-corrected chi connectivity index (χ0v) is 19.0. The van der Waals surface area contributed by atoms with E-state index in [1.54, 1.807) is 29.3 Å². The van der Waals surface area contributed by atoms with Crippen molar-refractivity contribution in [2.24, 2.45) is 0 Å². The summed E-state index contributed by atoms with van der Waals surface area (Å²) in [5, 5.41) is 8.35. The number of rotatable bonds is 3. The summed E-state index contributed by atoms with van der Waals surface area (Å²) in [5.41, 5.74) is 1.77. The molecule has 0 saturated heterocycles. The highest BCUT2D eigenvalue weighted by atomic mass is 32.2. The molecule has 9 heteroatoms. The van der Waals surface area contributed by atoms with E-state index < -0.39 is 10.8 Å². The Morgan fingerprint density at radius 1 is 1.09 bits per heavy atom. The molecule has 162 valence electrons. The third-order valence-corrected chi connectivity index (χ3v) is 6.64. The summed E-state index contributed by atoms with van der Waals surface area (Å²) in [6.07, 6.45) is 0. The maximum absolute atomic E-state index is 13.7. The Labute approximate surface area is 189 Å². The molecule has 0 aliphatic carbocycles. The van der Waals surface area contributed by atoms with Crippen LogP contribution in [-0.2, 0) is 9.59 Å². The molecular weight excluding hydrogens is 424 g/mol. The molecular formula is C23H22N6O2S. The third kappa shape index (κ3) is 3.12. The number of aromatic nitrogens is 4. The van der Waals surface area contributed by atoms with Crippen LogP contribution in [0.4, 0.5) is 11.4 Å². The lowest BCUT2D eigenvalue weighted by molar-refractivity contribution is -0.126. The number of thioether (sulfide) groups is 1. The number of para-hydroxylation sites is 3. The van der Waals surface area contributed by atoms with Gasteiger partial charge in [0.15, 0.2) is 10.8 Å². The van der Waals surface area contributed by atoms with Gasteiger partial charge in [-0.15, -0.1) is 5.10 Å². The Kier molecular flexibility index (Phi) is 4.67. The molecule has 0 fully saturated rings. The quantitative estimate of drug-likeness (QED) is 0.380. The van der Waals surface area contributed by atoms with Crippen LogP contribution in [-0.4, -0.2) is 42.2 Å². The molecule has 0 unspecified atom stereocenters. The van der Waals surface area contributed by atoms with Crippen LogP contribution in [0.1, 0.15) is 26.6 Å². The molecule has 1 aliphatic heterocycles. The first kappa shape index (κ1) is 20.4. The number of aryl methyl sites for hydroxylation is 1. The van der Waals surface area contributed by atoms with E-state index in [0.717, 1.165) is 10.9 Å². The van der Waals surface area contributed by atoms with Crippen LogP contribution in [0, 0.1) is 6.92 Å². The fourth-order valence-corrected chi connectivity index (χ4v) is 4.85. The fourth-order valence-electron chi connectivity index (χ4n) is 3.95. The van der Waals surface area contributed by atoms with Crippen molar-refractivity contribution in [1.82, 2.24) is 19.6 Å². The number of carbonyl (C=O) groups is 2. The van der Waals surface area contributed by atoms with E-state index in [2.05, 4.69) is 15.4 Å². The maximum Gasteiger partial charge on any atom is 0.250 e. The summed E-state index contributed by atoms with van der Waals surface area (Å²) in [4.78, 5) is 37.3. The number of fused-ring (bicyclic) bond motifs is 4. The minimum atomic E-state index is -1.03. The molecule has 0 bridgehead atoms. The Bertz CT molecular complexity index is 1400. The van der Waals surface area contributed by atoms with Crippen molar-refractivity contribution in [2.45, 2.75) is 43.6 Å². The van der Waals surface area contributed by atoms with Gasteiger partial charge in [-0.05, 0) is 52.0 Å². The van der Waals surface area contributed by atoms with E-state index >= 15 is 0 Å². The number of amides is 2. The Morgan fingerprint density at radius 3 is 2.62 bits per heavy atom. The molecule has 2 amide bonds. The summed E-state index contributed by atoms with van der Waals surface area (Å²) in [6, 6.07) is 15.1. The van der Waals surface area contributed by atoms with Gasteiger partial charge in [-0.1, -0.05) is 36.0 Å². The topological polar surface area (TPSA) is 92.5 Å². The molecule has 1 N–H and O–H groups in total. The van der Waals surface area contributed by atoms with Gasteiger partial charge in [0.05, 0.1) is 22.1 Å². The first-order valence-electron chi connectivity index (χ1n) is 10.3. The van der Waals surface area contributed by atoms with E-state index in [1.807, 2.05) is 56.3 Å². The van der Waals surface area contributed by atoms with Crippen LogP contribution in [0.5, 0.6) is 0 Å². The van der Waals surface area contributed by atoms with E-state index in [-0.39, 0.29) is 11.8 Å². The lowest BCUT2D eigenvalue weighted by Gasteiger charge is -2.43. The molecule has 2 aromatic carbocycles. The van der Waals surface area contributed by atoms with Gasteiger partial charge in [-0.25, -0.2) is 9.97 Å². The average Bonchev–Trinajstić information content (AvgIpc) is 3.16. The molecule has 0 saturated carbocycles. The molecule has 5 rings (SSSR count). The van der Waals surface area contributed by atoms with Crippen molar-refractivity contribution < 1.29 is 9.59 Å². The van der Waals surface area contributed by atoms with Crippen LogP contribution in [0.25, 0.3) is 16.6 Å². The van der Waals surface area contributed by atoms with E-state index in [1.165, 1.54) is 11.8 Å². The smallest absolute Gasteiger partial charge is 0.250 e. The minimum absolute atomic E-state index is 0.178. The molecule has 8 nitrogen and oxygen atoms in total. The second kappa shape index (κ2) is 7.30. The zero-order chi connectivity index (χ0) is 22.6. The van der Waals surface area contributed by atoms with Gasteiger partial charge in [-0.2, -0.15) is 4.52 Å².